The Hall–Kier alpha value is -0.670. The predicted molar refractivity (Wildman–Crippen MR) is 42.3 cm³/mol. The van der Waals surface area contributed by atoms with E-state index in [-0.39, 0.29) is 0 Å². The lowest BCUT2D eigenvalue weighted by Gasteiger charge is -1.88. The zero-order chi connectivity index (χ0) is 7.56. The molecule has 0 amide bonds. The van der Waals surface area contributed by atoms with Crippen LogP contribution < -0.4 is 5.73 Å². The fraction of sp³-hybridized carbons (Fsp3) is 0.286. The molecule has 1 aromatic heterocycles. The molecule has 1 heterocycles. The van der Waals surface area contributed by atoms with Crippen molar-refractivity contribution in [3.8, 4) is 0 Å². The van der Waals surface area contributed by atoms with Gasteiger partial charge in [-0.3, -0.25) is 4.79 Å². The lowest BCUT2D eigenvalue weighted by atomic mass is 10.3. The van der Waals surface area contributed by atoms with Gasteiger partial charge in [0.1, 0.15) is 0 Å². The first kappa shape index (κ1) is 7.44. The first-order valence-corrected chi connectivity index (χ1v) is 3.84. The first-order valence-electron chi connectivity index (χ1n) is 3.02. The highest BCUT2D eigenvalue weighted by atomic mass is 32.1. The van der Waals surface area contributed by atoms with E-state index in [0.717, 1.165) is 21.6 Å². The number of nitrogens with two attached hydrogens (primary N) is 1. The van der Waals surface area contributed by atoms with Gasteiger partial charge in [0.05, 0.1) is 4.88 Å². The summed E-state index contributed by atoms with van der Waals surface area (Å²) in [7, 11) is 0. The van der Waals surface area contributed by atoms with Gasteiger partial charge in [0.2, 0.25) is 0 Å². The molecule has 0 atom stereocenters. The molecule has 2 N–H and O–H groups in total. The maximum atomic E-state index is 10.3. The highest BCUT2D eigenvalue weighted by Crippen LogP contribution is 2.19. The summed E-state index contributed by atoms with van der Waals surface area (Å²) in [4.78, 5) is 12.1. The second kappa shape index (κ2) is 2.94. The molecule has 0 spiro atoms. The minimum atomic E-state index is 0.532. The van der Waals surface area contributed by atoms with Crippen molar-refractivity contribution in [1.82, 2.24) is 0 Å². The Bertz CT molecular complexity index is 242. The van der Waals surface area contributed by atoms with Crippen molar-refractivity contribution >= 4 is 17.6 Å². The fourth-order valence-corrected chi connectivity index (χ4v) is 1.68. The van der Waals surface area contributed by atoms with Crippen molar-refractivity contribution in [2.45, 2.75) is 13.5 Å². The summed E-state index contributed by atoms with van der Waals surface area (Å²) < 4.78 is 0. The Balaban J connectivity index is 3.03. The Morgan fingerprint density at radius 3 is 2.80 bits per heavy atom. The van der Waals surface area contributed by atoms with Crippen molar-refractivity contribution in [3.05, 3.63) is 21.4 Å². The Kier molecular flexibility index (Phi) is 2.19. The van der Waals surface area contributed by atoms with Crippen molar-refractivity contribution in [3.63, 3.8) is 0 Å². The number of hydrogen-bond acceptors (Lipinski definition) is 3. The molecule has 0 fully saturated rings. The molecule has 2 nitrogen and oxygen atoms in total. The van der Waals surface area contributed by atoms with Crippen molar-refractivity contribution < 1.29 is 4.79 Å². The number of carbonyl (C=O) groups excluding carboxylic acids is 1. The fourth-order valence-electron chi connectivity index (χ4n) is 0.807. The van der Waals surface area contributed by atoms with Crippen LogP contribution in [0.3, 0.4) is 0 Å². The van der Waals surface area contributed by atoms with E-state index in [1.54, 1.807) is 0 Å². The highest BCUT2D eigenvalue weighted by Gasteiger charge is 2.01. The van der Waals surface area contributed by atoms with Crippen LogP contribution >= 0.6 is 11.3 Å². The van der Waals surface area contributed by atoms with Gasteiger partial charge in [-0.2, -0.15) is 0 Å². The SMILES string of the molecule is Cc1cc(C=O)sc1CN. The number of aldehydes is 1. The zero-order valence-electron chi connectivity index (χ0n) is 5.76. The van der Waals surface area contributed by atoms with Crippen LogP contribution in [-0.2, 0) is 6.54 Å². The minimum absolute atomic E-state index is 0.532. The largest absolute Gasteiger partial charge is 0.326 e. The van der Waals surface area contributed by atoms with Crippen molar-refractivity contribution in [2.24, 2.45) is 5.73 Å². The number of thiophene rings is 1. The smallest absolute Gasteiger partial charge is 0.160 e. The highest BCUT2D eigenvalue weighted by molar-refractivity contribution is 7.13. The predicted octanol–water partition coefficient (Wildman–Crippen LogP) is 1.33. The minimum Gasteiger partial charge on any atom is -0.326 e. The number of aryl methyl sites for hydroxylation is 1. The quantitative estimate of drug-likeness (QED) is 0.655. The molecule has 3 heteroatoms. The second-order valence-electron chi connectivity index (χ2n) is 2.08. The third kappa shape index (κ3) is 1.25. The van der Waals surface area contributed by atoms with E-state index in [0.29, 0.717) is 6.54 Å². The second-order valence-corrected chi connectivity index (χ2v) is 3.25. The van der Waals surface area contributed by atoms with Gasteiger partial charge in [-0.25, -0.2) is 0 Å². The van der Waals surface area contributed by atoms with Crippen molar-refractivity contribution in [2.75, 3.05) is 0 Å². The molecule has 0 saturated heterocycles. The Labute approximate surface area is 63.7 Å². The molecule has 54 valence electrons. The van der Waals surface area contributed by atoms with Crippen LogP contribution in [0.1, 0.15) is 20.1 Å². The van der Waals surface area contributed by atoms with Gasteiger partial charge >= 0.3 is 0 Å². The lowest BCUT2D eigenvalue weighted by Crippen LogP contribution is -1.93. The summed E-state index contributed by atoms with van der Waals surface area (Å²) in [6.07, 6.45) is 0.858. The molecule has 1 aromatic rings. The maximum Gasteiger partial charge on any atom is 0.160 e. The zero-order valence-corrected chi connectivity index (χ0v) is 6.57. The molecule has 0 saturated carbocycles. The molecule has 0 aliphatic rings. The van der Waals surface area contributed by atoms with E-state index in [9.17, 15) is 4.79 Å². The van der Waals surface area contributed by atoms with E-state index in [1.807, 2.05) is 13.0 Å². The van der Waals surface area contributed by atoms with Crippen LogP contribution in [0.5, 0.6) is 0 Å². The monoisotopic (exact) mass is 155 g/mol. The standard InChI is InChI=1S/C7H9NOS/c1-5-2-6(4-9)10-7(5)3-8/h2,4H,3,8H2,1H3. The molecule has 0 bridgehead atoms. The molecule has 0 aromatic carbocycles. The number of carbonyl (C=O) groups is 1. The third-order valence-electron chi connectivity index (χ3n) is 1.34. The van der Waals surface area contributed by atoms with Crippen LogP contribution in [0.25, 0.3) is 0 Å². The van der Waals surface area contributed by atoms with E-state index in [4.69, 9.17) is 5.73 Å². The van der Waals surface area contributed by atoms with Crippen molar-refractivity contribution in [1.29, 1.82) is 0 Å². The van der Waals surface area contributed by atoms with Crippen LogP contribution in [-0.4, -0.2) is 6.29 Å². The molecule has 1 rings (SSSR count). The third-order valence-corrected chi connectivity index (χ3v) is 2.53. The van der Waals surface area contributed by atoms with Gasteiger partial charge in [-0.15, -0.1) is 11.3 Å². The summed E-state index contributed by atoms with van der Waals surface area (Å²) in [6, 6.07) is 1.86. The summed E-state index contributed by atoms with van der Waals surface area (Å²) >= 11 is 1.47. The van der Waals surface area contributed by atoms with Crippen LogP contribution in [0, 0.1) is 6.92 Å². The summed E-state index contributed by atoms with van der Waals surface area (Å²) in [5.41, 5.74) is 6.53. The van der Waals surface area contributed by atoms with Gasteiger partial charge in [-0.1, -0.05) is 0 Å². The van der Waals surface area contributed by atoms with E-state index in [2.05, 4.69) is 0 Å². The summed E-state index contributed by atoms with van der Waals surface area (Å²) in [6.45, 7) is 2.50. The first-order chi connectivity index (χ1) is 4.77. The lowest BCUT2D eigenvalue weighted by molar-refractivity contribution is 0.112. The molecular formula is C7H9NOS. The van der Waals surface area contributed by atoms with Gasteiger partial charge in [0.15, 0.2) is 6.29 Å². The van der Waals surface area contributed by atoms with Crippen LogP contribution in [0.15, 0.2) is 6.07 Å². The number of rotatable bonds is 2. The van der Waals surface area contributed by atoms with Gasteiger partial charge in [-0.05, 0) is 18.6 Å². The molecule has 0 aliphatic carbocycles. The molecule has 0 radical (unpaired) electrons. The average molecular weight is 155 g/mol. The Morgan fingerprint density at radius 2 is 2.50 bits per heavy atom. The Morgan fingerprint density at radius 1 is 1.80 bits per heavy atom. The van der Waals surface area contributed by atoms with E-state index < -0.39 is 0 Å². The summed E-state index contributed by atoms with van der Waals surface area (Å²) in [5.74, 6) is 0. The molecule has 10 heavy (non-hydrogen) atoms. The normalized spacial score (nSPS) is 9.80. The van der Waals surface area contributed by atoms with Gasteiger partial charge in [0.25, 0.3) is 0 Å². The molecule has 0 unspecified atom stereocenters. The van der Waals surface area contributed by atoms with Crippen LogP contribution in [0.4, 0.5) is 0 Å². The van der Waals surface area contributed by atoms with Gasteiger partial charge in [0, 0.05) is 11.4 Å². The van der Waals surface area contributed by atoms with Crippen LogP contribution in [0.2, 0.25) is 0 Å². The molecular weight excluding hydrogens is 146 g/mol. The number of hydrogen-bond donors (Lipinski definition) is 1. The molecule has 0 aliphatic heterocycles. The van der Waals surface area contributed by atoms with E-state index >= 15 is 0 Å². The van der Waals surface area contributed by atoms with Gasteiger partial charge < -0.3 is 5.73 Å². The maximum absolute atomic E-state index is 10.3. The topological polar surface area (TPSA) is 43.1 Å². The summed E-state index contributed by atoms with van der Waals surface area (Å²) in [5, 5.41) is 0. The average Bonchev–Trinajstić information content (AvgIpc) is 2.30. The van der Waals surface area contributed by atoms with E-state index in [1.165, 1.54) is 11.3 Å².